The van der Waals surface area contributed by atoms with Gasteiger partial charge in [0.25, 0.3) is 0 Å². The fourth-order valence-corrected chi connectivity index (χ4v) is 2.51. The highest BCUT2D eigenvalue weighted by atomic mass is 16.2. The maximum absolute atomic E-state index is 11.9. The zero-order chi connectivity index (χ0) is 13.4. The summed E-state index contributed by atoms with van der Waals surface area (Å²) >= 11 is 0. The first-order valence-electron chi connectivity index (χ1n) is 7.63. The largest absolute Gasteiger partial charge is 0.354 e. The van der Waals surface area contributed by atoms with Crippen molar-refractivity contribution < 1.29 is 4.79 Å². The monoisotopic (exact) mass is 254 g/mol. The molecule has 0 radical (unpaired) electrons. The predicted molar refractivity (Wildman–Crippen MR) is 76.6 cm³/mol. The molecular formula is C15H30N2O. The molecule has 1 saturated carbocycles. The van der Waals surface area contributed by atoms with Crippen LogP contribution in [-0.2, 0) is 4.79 Å². The van der Waals surface area contributed by atoms with Crippen LogP contribution in [0.4, 0.5) is 0 Å². The highest BCUT2D eigenvalue weighted by Gasteiger charge is 2.18. The van der Waals surface area contributed by atoms with Gasteiger partial charge in [0.1, 0.15) is 0 Å². The van der Waals surface area contributed by atoms with E-state index < -0.39 is 0 Å². The summed E-state index contributed by atoms with van der Waals surface area (Å²) in [5.74, 6) is 0.660. The summed E-state index contributed by atoms with van der Waals surface area (Å²) in [6, 6.07) is 0.471. The molecule has 1 rings (SSSR count). The molecule has 2 N–H and O–H groups in total. The van der Waals surface area contributed by atoms with E-state index in [2.05, 4.69) is 24.5 Å². The van der Waals surface area contributed by atoms with Crippen LogP contribution >= 0.6 is 0 Å². The Morgan fingerprint density at radius 1 is 1.06 bits per heavy atom. The van der Waals surface area contributed by atoms with Gasteiger partial charge in [0, 0.05) is 12.6 Å². The van der Waals surface area contributed by atoms with Crippen molar-refractivity contribution in [3.05, 3.63) is 0 Å². The second kappa shape index (κ2) is 8.52. The first-order valence-corrected chi connectivity index (χ1v) is 7.63. The van der Waals surface area contributed by atoms with E-state index in [9.17, 15) is 4.79 Å². The van der Waals surface area contributed by atoms with Crippen molar-refractivity contribution in [3.8, 4) is 0 Å². The van der Waals surface area contributed by atoms with Crippen LogP contribution in [0.5, 0.6) is 0 Å². The smallest absolute Gasteiger partial charge is 0.236 e. The standard InChI is InChI=1S/C15H30N2O/c1-12(2)11-16-15(18)13(3)17-14-9-7-5-4-6-8-10-14/h12-14,17H,4-11H2,1-3H3,(H,16,18). The molecule has 0 aromatic carbocycles. The molecule has 1 aliphatic carbocycles. The quantitative estimate of drug-likeness (QED) is 0.792. The maximum Gasteiger partial charge on any atom is 0.236 e. The predicted octanol–water partition coefficient (Wildman–Crippen LogP) is 2.85. The zero-order valence-electron chi connectivity index (χ0n) is 12.3. The van der Waals surface area contributed by atoms with E-state index in [1.54, 1.807) is 0 Å². The van der Waals surface area contributed by atoms with Gasteiger partial charge in [0.15, 0.2) is 0 Å². The lowest BCUT2D eigenvalue weighted by molar-refractivity contribution is -0.123. The third-order valence-electron chi connectivity index (χ3n) is 3.67. The second-order valence-electron chi connectivity index (χ2n) is 6.07. The molecular weight excluding hydrogens is 224 g/mol. The molecule has 0 spiro atoms. The minimum absolute atomic E-state index is 0.0619. The van der Waals surface area contributed by atoms with E-state index in [-0.39, 0.29) is 11.9 Å². The van der Waals surface area contributed by atoms with Gasteiger partial charge in [-0.25, -0.2) is 0 Å². The molecule has 0 aromatic rings. The van der Waals surface area contributed by atoms with Gasteiger partial charge in [-0.05, 0) is 25.7 Å². The number of rotatable bonds is 5. The summed E-state index contributed by atoms with van der Waals surface area (Å²) in [7, 11) is 0. The van der Waals surface area contributed by atoms with Gasteiger partial charge >= 0.3 is 0 Å². The third-order valence-corrected chi connectivity index (χ3v) is 3.67. The van der Waals surface area contributed by atoms with Gasteiger partial charge in [-0.1, -0.05) is 46.0 Å². The van der Waals surface area contributed by atoms with Crippen LogP contribution < -0.4 is 10.6 Å². The molecule has 0 heterocycles. The van der Waals surface area contributed by atoms with Gasteiger partial charge in [-0.3, -0.25) is 4.79 Å². The molecule has 1 amide bonds. The van der Waals surface area contributed by atoms with Gasteiger partial charge in [0.2, 0.25) is 5.91 Å². The lowest BCUT2D eigenvalue weighted by atomic mass is 9.96. The van der Waals surface area contributed by atoms with Crippen molar-refractivity contribution in [1.29, 1.82) is 0 Å². The Bertz CT molecular complexity index is 233. The van der Waals surface area contributed by atoms with E-state index in [4.69, 9.17) is 0 Å². The number of carbonyl (C=O) groups excluding carboxylic acids is 1. The SMILES string of the molecule is CC(C)CNC(=O)C(C)NC1CCCCCCC1. The summed E-state index contributed by atoms with van der Waals surface area (Å²) in [6.45, 7) is 6.99. The zero-order valence-corrected chi connectivity index (χ0v) is 12.3. The van der Waals surface area contributed by atoms with Crippen molar-refractivity contribution in [2.45, 2.75) is 77.8 Å². The van der Waals surface area contributed by atoms with Gasteiger partial charge in [-0.15, -0.1) is 0 Å². The van der Waals surface area contributed by atoms with Crippen molar-refractivity contribution in [2.75, 3.05) is 6.54 Å². The van der Waals surface area contributed by atoms with E-state index in [1.165, 1.54) is 44.9 Å². The summed E-state index contributed by atoms with van der Waals surface area (Å²) in [5, 5.41) is 6.50. The van der Waals surface area contributed by atoms with E-state index >= 15 is 0 Å². The molecule has 18 heavy (non-hydrogen) atoms. The lowest BCUT2D eigenvalue weighted by Gasteiger charge is -2.24. The van der Waals surface area contributed by atoms with E-state index in [1.807, 2.05) is 6.92 Å². The van der Waals surface area contributed by atoms with Crippen molar-refractivity contribution in [3.63, 3.8) is 0 Å². The van der Waals surface area contributed by atoms with Crippen molar-refractivity contribution in [1.82, 2.24) is 10.6 Å². The molecule has 1 unspecified atom stereocenters. The highest BCUT2D eigenvalue weighted by molar-refractivity contribution is 5.81. The minimum atomic E-state index is -0.0619. The fourth-order valence-electron chi connectivity index (χ4n) is 2.51. The summed E-state index contributed by atoms with van der Waals surface area (Å²) in [6.07, 6.45) is 9.15. The molecule has 1 aliphatic rings. The van der Waals surface area contributed by atoms with Crippen LogP contribution in [0.25, 0.3) is 0 Å². The first-order chi connectivity index (χ1) is 8.59. The van der Waals surface area contributed by atoms with E-state index in [0.29, 0.717) is 12.0 Å². The summed E-state index contributed by atoms with van der Waals surface area (Å²) < 4.78 is 0. The number of hydrogen-bond acceptors (Lipinski definition) is 2. The first kappa shape index (κ1) is 15.5. The molecule has 0 saturated heterocycles. The molecule has 1 fully saturated rings. The van der Waals surface area contributed by atoms with Crippen LogP contribution in [0.1, 0.15) is 65.7 Å². The minimum Gasteiger partial charge on any atom is -0.354 e. The number of carbonyl (C=O) groups is 1. The second-order valence-corrected chi connectivity index (χ2v) is 6.07. The van der Waals surface area contributed by atoms with Gasteiger partial charge in [-0.2, -0.15) is 0 Å². The molecule has 3 nitrogen and oxygen atoms in total. The summed E-state index contributed by atoms with van der Waals surface area (Å²) in [5.41, 5.74) is 0. The molecule has 0 aliphatic heterocycles. The van der Waals surface area contributed by atoms with Crippen LogP contribution in [-0.4, -0.2) is 24.5 Å². The fraction of sp³-hybridized carbons (Fsp3) is 0.933. The molecule has 0 bridgehead atoms. The Labute approximate surface area is 112 Å². The highest BCUT2D eigenvalue weighted by Crippen LogP contribution is 2.17. The Kier molecular flexibility index (Phi) is 7.33. The topological polar surface area (TPSA) is 41.1 Å². The number of hydrogen-bond donors (Lipinski definition) is 2. The molecule has 1 atom stereocenters. The van der Waals surface area contributed by atoms with Gasteiger partial charge in [0.05, 0.1) is 6.04 Å². The van der Waals surface area contributed by atoms with E-state index in [0.717, 1.165) is 6.54 Å². The van der Waals surface area contributed by atoms with Gasteiger partial charge < -0.3 is 10.6 Å². The summed E-state index contributed by atoms with van der Waals surface area (Å²) in [4.78, 5) is 11.9. The Balaban J connectivity index is 2.27. The van der Waals surface area contributed by atoms with Crippen molar-refractivity contribution >= 4 is 5.91 Å². The van der Waals surface area contributed by atoms with Crippen LogP contribution in [0.3, 0.4) is 0 Å². The Morgan fingerprint density at radius 2 is 1.61 bits per heavy atom. The maximum atomic E-state index is 11.9. The molecule has 106 valence electrons. The van der Waals surface area contributed by atoms with Crippen molar-refractivity contribution in [2.24, 2.45) is 5.92 Å². The average Bonchev–Trinajstić information content (AvgIpc) is 2.29. The number of amides is 1. The van der Waals surface area contributed by atoms with Crippen LogP contribution in [0.15, 0.2) is 0 Å². The normalized spacial score (nSPS) is 20.2. The Hall–Kier alpha value is -0.570. The van der Waals surface area contributed by atoms with Crippen LogP contribution in [0.2, 0.25) is 0 Å². The number of nitrogens with one attached hydrogen (secondary N) is 2. The molecule has 0 aromatic heterocycles. The van der Waals surface area contributed by atoms with Crippen LogP contribution in [0, 0.1) is 5.92 Å². The average molecular weight is 254 g/mol. The lowest BCUT2D eigenvalue weighted by Crippen LogP contribution is -2.47. The molecule has 3 heteroatoms. The third kappa shape index (κ3) is 6.39. The Morgan fingerprint density at radius 3 is 2.17 bits per heavy atom.